The zero-order valence-corrected chi connectivity index (χ0v) is 17.8. The number of hydrogen-bond acceptors (Lipinski definition) is 2. The molecule has 0 fully saturated rings. The van der Waals surface area contributed by atoms with Gasteiger partial charge in [-0.2, -0.15) is 0 Å². The largest absolute Gasteiger partial charge is 0.361 e. The van der Waals surface area contributed by atoms with E-state index in [4.69, 9.17) is 0 Å². The molecule has 2 aliphatic rings. The maximum absolute atomic E-state index is 2.39. The number of benzene rings is 4. The van der Waals surface area contributed by atoms with Crippen LogP contribution < -0.4 is 4.90 Å². The molecule has 150 valence electrons. The molecule has 2 heteroatoms. The van der Waals surface area contributed by atoms with Gasteiger partial charge in [0.05, 0.1) is 6.67 Å². The van der Waals surface area contributed by atoms with Crippen molar-refractivity contribution < 1.29 is 0 Å². The van der Waals surface area contributed by atoms with Crippen molar-refractivity contribution in [1.29, 1.82) is 0 Å². The van der Waals surface area contributed by atoms with Crippen molar-refractivity contribution in [2.45, 2.75) is 6.92 Å². The number of rotatable bonds is 1. The van der Waals surface area contributed by atoms with E-state index in [2.05, 4.69) is 121 Å². The Kier molecular flexibility index (Phi) is 4.00. The van der Waals surface area contributed by atoms with Gasteiger partial charge in [-0.05, 0) is 69.1 Å². The molecule has 0 unspecified atom stereocenters. The lowest BCUT2D eigenvalue weighted by atomic mass is 9.80. The van der Waals surface area contributed by atoms with E-state index in [1.165, 1.54) is 55.8 Å². The maximum atomic E-state index is 2.39. The lowest BCUT2D eigenvalue weighted by molar-refractivity contribution is 0.495. The molecule has 0 saturated carbocycles. The molecular formula is C29H24N2. The lowest BCUT2D eigenvalue weighted by Crippen LogP contribution is -2.22. The molecular weight excluding hydrogens is 376 g/mol. The molecule has 4 aromatic carbocycles. The van der Waals surface area contributed by atoms with Crippen LogP contribution in [0, 0.1) is 6.92 Å². The molecule has 31 heavy (non-hydrogen) atoms. The van der Waals surface area contributed by atoms with E-state index in [1.807, 2.05) is 0 Å². The summed E-state index contributed by atoms with van der Waals surface area (Å²) in [5.41, 5.74) is 12.9. The fourth-order valence-corrected chi connectivity index (χ4v) is 5.00. The second kappa shape index (κ2) is 6.88. The number of aryl methyl sites for hydroxylation is 1. The van der Waals surface area contributed by atoms with Gasteiger partial charge in [-0.1, -0.05) is 72.8 Å². The zero-order chi connectivity index (χ0) is 20.9. The minimum Gasteiger partial charge on any atom is -0.361 e. The van der Waals surface area contributed by atoms with Gasteiger partial charge in [0.25, 0.3) is 0 Å². The summed E-state index contributed by atoms with van der Waals surface area (Å²) < 4.78 is 0. The van der Waals surface area contributed by atoms with E-state index in [0.717, 1.165) is 6.67 Å². The summed E-state index contributed by atoms with van der Waals surface area (Å²) in [6.45, 7) is 3.10. The van der Waals surface area contributed by atoms with E-state index in [9.17, 15) is 0 Å². The van der Waals surface area contributed by atoms with E-state index in [-0.39, 0.29) is 0 Å². The molecule has 1 aliphatic carbocycles. The molecule has 0 radical (unpaired) electrons. The Labute approximate surface area is 183 Å². The van der Waals surface area contributed by atoms with Gasteiger partial charge >= 0.3 is 0 Å². The third-order valence-corrected chi connectivity index (χ3v) is 6.46. The Morgan fingerprint density at radius 3 is 1.39 bits per heavy atom. The Morgan fingerprint density at radius 2 is 0.968 bits per heavy atom. The van der Waals surface area contributed by atoms with Gasteiger partial charge in [0.1, 0.15) is 0 Å². The molecule has 0 N–H and O–H groups in total. The molecule has 2 nitrogen and oxygen atoms in total. The first-order valence-electron chi connectivity index (χ1n) is 10.8. The number of nitrogens with zero attached hydrogens (tertiary/aromatic N) is 2. The lowest BCUT2D eigenvalue weighted by Gasteiger charge is -2.26. The predicted octanol–water partition coefficient (Wildman–Crippen LogP) is 7.16. The highest BCUT2D eigenvalue weighted by Crippen LogP contribution is 2.49. The standard InChI is InChI=1S/C29H24N2/c1-20-17-27-25-13-7-5-11-23(25)21-9-3-4-10-22(21)24-12-6-8-14-26(24)28(27)18-29(20)31-16-15-30(2)19-31/h3-18H,19H2,1-2H3. The van der Waals surface area contributed by atoms with Crippen LogP contribution in [0.2, 0.25) is 0 Å². The average molecular weight is 401 g/mol. The van der Waals surface area contributed by atoms with Crippen LogP contribution in [-0.4, -0.2) is 18.6 Å². The molecule has 4 aromatic rings. The molecule has 6 rings (SSSR count). The van der Waals surface area contributed by atoms with Gasteiger partial charge in [-0.3, -0.25) is 0 Å². The summed E-state index contributed by atoms with van der Waals surface area (Å²) in [4.78, 5) is 4.53. The Bertz CT molecular complexity index is 1350. The zero-order valence-electron chi connectivity index (χ0n) is 17.8. The number of fused-ring (bicyclic) bond motifs is 8. The molecule has 0 amide bonds. The first-order chi connectivity index (χ1) is 15.2. The summed E-state index contributed by atoms with van der Waals surface area (Å²) in [7, 11) is 2.11. The second-order valence-electron chi connectivity index (χ2n) is 8.49. The molecule has 1 aliphatic heterocycles. The van der Waals surface area contributed by atoms with Crippen molar-refractivity contribution in [2.24, 2.45) is 0 Å². The van der Waals surface area contributed by atoms with Crippen molar-refractivity contribution in [3.63, 3.8) is 0 Å². The van der Waals surface area contributed by atoms with E-state index in [1.54, 1.807) is 0 Å². The van der Waals surface area contributed by atoms with Crippen molar-refractivity contribution >= 4 is 5.69 Å². The molecule has 0 spiro atoms. The van der Waals surface area contributed by atoms with Crippen LogP contribution >= 0.6 is 0 Å². The summed E-state index contributed by atoms with van der Waals surface area (Å²) in [5, 5.41) is 0. The maximum Gasteiger partial charge on any atom is 0.0939 e. The van der Waals surface area contributed by atoms with Crippen LogP contribution in [0.15, 0.2) is 97.3 Å². The Balaban J connectivity index is 1.71. The first-order valence-corrected chi connectivity index (χ1v) is 10.8. The van der Waals surface area contributed by atoms with Crippen molar-refractivity contribution in [3.8, 4) is 44.5 Å². The van der Waals surface area contributed by atoms with Gasteiger partial charge in [0.2, 0.25) is 0 Å². The van der Waals surface area contributed by atoms with Gasteiger partial charge in [0, 0.05) is 25.1 Å². The average Bonchev–Trinajstić information content (AvgIpc) is 3.24. The summed E-state index contributed by atoms with van der Waals surface area (Å²) >= 11 is 0. The smallest absolute Gasteiger partial charge is 0.0939 e. The van der Waals surface area contributed by atoms with E-state index in [0.29, 0.717) is 0 Å². The summed E-state index contributed by atoms with van der Waals surface area (Å²) in [5.74, 6) is 0. The van der Waals surface area contributed by atoms with Gasteiger partial charge in [-0.15, -0.1) is 0 Å². The molecule has 0 saturated heterocycles. The van der Waals surface area contributed by atoms with Gasteiger partial charge in [-0.25, -0.2) is 0 Å². The van der Waals surface area contributed by atoms with Crippen molar-refractivity contribution in [3.05, 3.63) is 103 Å². The van der Waals surface area contributed by atoms with Crippen LogP contribution in [-0.2, 0) is 0 Å². The molecule has 0 aromatic heterocycles. The van der Waals surface area contributed by atoms with Crippen molar-refractivity contribution in [2.75, 3.05) is 18.6 Å². The predicted molar refractivity (Wildman–Crippen MR) is 131 cm³/mol. The number of anilines is 1. The summed E-state index contributed by atoms with van der Waals surface area (Å²) in [6, 6.07) is 31.2. The normalized spacial score (nSPS) is 13.7. The first kappa shape index (κ1) is 18.0. The third-order valence-electron chi connectivity index (χ3n) is 6.46. The summed E-state index contributed by atoms with van der Waals surface area (Å²) in [6.07, 6.45) is 4.31. The highest BCUT2D eigenvalue weighted by Gasteiger charge is 2.23. The fraction of sp³-hybridized carbons (Fsp3) is 0.103. The van der Waals surface area contributed by atoms with Crippen LogP contribution in [0.1, 0.15) is 5.56 Å². The highest BCUT2D eigenvalue weighted by atomic mass is 15.3. The number of hydrogen-bond donors (Lipinski definition) is 0. The quantitative estimate of drug-likeness (QED) is 0.295. The molecule has 0 bridgehead atoms. The van der Waals surface area contributed by atoms with Crippen LogP contribution in [0.25, 0.3) is 44.5 Å². The van der Waals surface area contributed by atoms with Gasteiger partial charge in [0.15, 0.2) is 0 Å². The van der Waals surface area contributed by atoms with E-state index < -0.39 is 0 Å². The molecule has 0 atom stereocenters. The van der Waals surface area contributed by atoms with Crippen LogP contribution in [0.5, 0.6) is 0 Å². The van der Waals surface area contributed by atoms with Crippen molar-refractivity contribution in [1.82, 2.24) is 4.90 Å². The highest BCUT2D eigenvalue weighted by molar-refractivity contribution is 6.03. The molecule has 1 heterocycles. The third kappa shape index (κ3) is 2.79. The minimum atomic E-state index is 0.876. The Morgan fingerprint density at radius 1 is 0.548 bits per heavy atom. The SMILES string of the molecule is Cc1cc2c(cc1N1C=CN(C)C1)-c1ccccc1-c1ccccc1-c1ccccc1-2. The minimum absolute atomic E-state index is 0.876. The Hall–Kier alpha value is -3.78. The van der Waals surface area contributed by atoms with Crippen LogP contribution in [0.3, 0.4) is 0 Å². The van der Waals surface area contributed by atoms with Crippen LogP contribution in [0.4, 0.5) is 5.69 Å². The fourth-order valence-electron chi connectivity index (χ4n) is 5.00. The van der Waals surface area contributed by atoms with E-state index >= 15 is 0 Å². The topological polar surface area (TPSA) is 6.48 Å². The van der Waals surface area contributed by atoms with Gasteiger partial charge < -0.3 is 9.80 Å². The second-order valence-corrected chi connectivity index (χ2v) is 8.49. The monoisotopic (exact) mass is 400 g/mol.